The Morgan fingerprint density at radius 2 is 1.96 bits per heavy atom. The summed E-state index contributed by atoms with van der Waals surface area (Å²) >= 11 is 0. The maximum Gasteiger partial charge on any atom is 0.251 e. The van der Waals surface area contributed by atoms with Crippen LogP contribution in [0, 0.1) is 0 Å². The van der Waals surface area contributed by atoms with Crippen molar-refractivity contribution in [1.82, 2.24) is 5.32 Å². The van der Waals surface area contributed by atoms with E-state index < -0.39 is 5.60 Å². The molecular formula is C21H25NO3. The number of hydrogen-bond donors (Lipinski definition) is 2. The van der Waals surface area contributed by atoms with Crippen LogP contribution in [0.1, 0.15) is 47.7 Å². The first kappa shape index (κ1) is 17.5. The fourth-order valence-corrected chi connectivity index (χ4v) is 3.22. The number of ether oxygens (including phenoxy) is 1. The Bertz CT molecular complexity index is 726. The van der Waals surface area contributed by atoms with Gasteiger partial charge in [-0.2, -0.15) is 0 Å². The lowest BCUT2D eigenvalue weighted by atomic mass is 9.96. The van der Waals surface area contributed by atoms with Gasteiger partial charge in [0.25, 0.3) is 5.91 Å². The highest BCUT2D eigenvalue weighted by molar-refractivity contribution is 5.94. The molecule has 1 aliphatic rings. The average molecular weight is 339 g/mol. The first-order chi connectivity index (χ1) is 12.1. The summed E-state index contributed by atoms with van der Waals surface area (Å²) in [6.07, 6.45) is 3.58. The largest absolute Gasteiger partial charge is 0.494 e. The summed E-state index contributed by atoms with van der Waals surface area (Å²) in [6, 6.07) is 15.0. The number of carbonyl (C=O) groups is 1. The van der Waals surface area contributed by atoms with Crippen molar-refractivity contribution in [1.29, 1.82) is 0 Å². The normalized spacial score (nSPS) is 18.6. The first-order valence-electron chi connectivity index (χ1n) is 8.94. The molecule has 2 aromatic rings. The number of nitrogens with one attached hydrogen (secondary N) is 1. The van der Waals surface area contributed by atoms with Gasteiger partial charge in [0.1, 0.15) is 11.4 Å². The Kier molecular flexibility index (Phi) is 5.39. The molecule has 132 valence electrons. The van der Waals surface area contributed by atoms with Gasteiger partial charge in [0.2, 0.25) is 0 Å². The number of amides is 1. The highest BCUT2D eigenvalue weighted by atomic mass is 16.5. The van der Waals surface area contributed by atoms with Crippen LogP contribution in [-0.2, 0) is 12.0 Å². The Labute approximate surface area is 148 Å². The Morgan fingerprint density at radius 1 is 1.20 bits per heavy atom. The van der Waals surface area contributed by atoms with Gasteiger partial charge < -0.3 is 15.2 Å². The summed E-state index contributed by atoms with van der Waals surface area (Å²) in [6.45, 7) is 3.03. The van der Waals surface area contributed by atoms with Crippen LogP contribution in [0.5, 0.6) is 5.75 Å². The molecule has 0 saturated carbocycles. The second-order valence-corrected chi connectivity index (χ2v) is 6.60. The van der Waals surface area contributed by atoms with E-state index in [1.54, 1.807) is 12.1 Å². The van der Waals surface area contributed by atoms with Crippen molar-refractivity contribution in [3.05, 3.63) is 65.2 Å². The molecule has 0 aromatic heterocycles. The maximum absolute atomic E-state index is 12.4. The number of carbonyl (C=O) groups excluding carboxylic acids is 1. The third-order valence-corrected chi connectivity index (χ3v) is 4.75. The lowest BCUT2D eigenvalue weighted by molar-refractivity contribution is 0.0369. The Hall–Kier alpha value is -2.33. The van der Waals surface area contributed by atoms with Crippen LogP contribution in [0.15, 0.2) is 48.5 Å². The summed E-state index contributed by atoms with van der Waals surface area (Å²) in [5.41, 5.74) is 1.68. The van der Waals surface area contributed by atoms with Crippen molar-refractivity contribution in [2.24, 2.45) is 0 Å². The predicted octanol–water partition coefficient (Wildman–Crippen LogP) is 3.43. The molecule has 0 radical (unpaired) electrons. The Morgan fingerprint density at radius 3 is 2.72 bits per heavy atom. The van der Waals surface area contributed by atoms with Crippen LogP contribution in [0.3, 0.4) is 0 Å². The number of benzene rings is 2. The number of aliphatic hydroxyl groups is 1. The molecule has 2 aromatic carbocycles. The van der Waals surface area contributed by atoms with Crippen molar-refractivity contribution < 1.29 is 14.6 Å². The van der Waals surface area contributed by atoms with Crippen molar-refractivity contribution in [3.8, 4) is 5.75 Å². The molecule has 4 nitrogen and oxygen atoms in total. The molecule has 1 aliphatic carbocycles. The SMILES string of the molecule is CCCCOc1ccc(C(=O)NCC2(O)CCc3ccccc32)cc1. The number of rotatable bonds is 7. The summed E-state index contributed by atoms with van der Waals surface area (Å²) in [5, 5.41) is 13.7. The summed E-state index contributed by atoms with van der Waals surface area (Å²) in [7, 11) is 0. The lowest BCUT2D eigenvalue weighted by Crippen LogP contribution is -2.39. The zero-order valence-electron chi connectivity index (χ0n) is 14.6. The highest BCUT2D eigenvalue weighted by Crippen LogP contribution is 2.36. The van der Waals surface area contributed by atoms with Gasteiger partial charge in [-0.05, 0) is 54.7 Å². The minimum Gasteiger partial charge on any atom is -0.494 e. The average Bonchev–Trinajstić information content (AvgIpc) is 2.98. The molecule has 3 rings (SSSR count). The van der Waals surface area contributed by atoms with E-state index >= 15 is 0 Å². The third-order valence-electron chi connectivity index (χ3n) is 4.75. The van der Waals surface area contributed by atoms with Crippen LogP contribution in [0.4, 0.5) is 0 Å². The van der Waals surface area contributed by atoms with Gasteiger partial charge in [-0.3, -0.25) is 4.79 Å². The number of unbranched alkanes of at least 4 members (excludes halogenated alkanes) is 1. The number of hydrogen-bond acceptors (Lipinski definition) is 3. The van der Waals surface area contributed by atoms with Gasteiger partial charge in [0.05, 0.1) is 13.2 Å². The molecule has 0 spiro atoms. The van der Waals surface area contributed by atoms with Crippen molar-refractivity contribution in [2.45, 2.75) is 38.2 Å². The predicted molar refractivity (Wildman–Crippen MR) is 97.8 cm³/mol. The summed E-state index contributed by atoms with van der Waals surface area (Å²) in [4.78, 5) is 12.4. The van der Waals surface area contributed by atoms with Crippen LogP contribution in [0.25, 0.3) is 0 Å². The lowest BCUT2D eigenvalue weighted by Gasteiger charge is -2.24. The van der Waals surface area contributed by atoms with Crippen molar-refractivity contribution in [3.63, 3.8) is 0 Å². The minimum atomic E-state index is -0.977. The topological polar surface area (TPSA) is 58.6 Å². The summed E-state index contributed by atoms with van der Waals surface area (Å²) in [5.74, 6) is 0.589. The van der Waals surface area contributed by atoms with E-state index in [1.807, 2.05) is 36.4 Å². The second kappa shape index (κ2) is 7.70. The standard InChI is InChI=1S/C21H25NO3/c1-2-3-14-25-18-10-8-17(9-11-18)20(23)22-15-21(24)13-12-16-6-4-5-7-19(16)21/h4-11,24H,2-3,12-15H2,1H3,(H,22,23). The quantitative estimate of drug-likeness (QED) is 0.760. The fraction of sp³-hybridized carbons (Fsp3) is 0.381. The third kappa shape index (κ3) is 4.02. The van der Waals surface area contributed by atoms with Gasteiger partial charge in [0, 0.05) is 5.56 Å². The van der Waals surface area contributed by atoms with E-state index in [0.717, 1.165) is 36.1 Å². The first-order valence-corrected chi connectivity index (χ1v) is 8.94. The molecule has 0 fully saturated rings. The molecule has 0 aliphatic heterocycles. The monoisotopic (exact) mass is 339 g/mol. The van der Waals surface area contributed by atoms with E-state index in [2.05, 4.69) is 12.2 Å². The zero-order valence-corrected chi connectivity index (χ0v) is 14.6. The van der Waals surface area contributed by atoms with Gasteiger partial charge in [-0.25, -0.2) is 0 Å². The number of fused-ring (bicyclic) bond motifs is 1. The molecule has 4 heteroatoms. The smallest absolute Gasteiger partial charge is 0.251 e. The molecule has 0 bridgehead atoms. The van der Waals surface area contributed by atoms with Gasteiger partial charge in [0.15, 0.2) is 0 Å². The highest BCUT2D eigenvalue weighted by Gasteiger charge is 2.36. The van der Waals surface area contributed by atoms with Crippen LogP contribution < -0.4 is 10.1 Å². The second-order valence-electron chi connectivity index (χ2n) is 6.60. The molecule has 25 heavy (non-hydrogen) atoms. The molecular weight excluding hydrogens is 314 g/mol. The zero-order chi connectivity index (χ0) is 17.7. The van der Waals surface area contributed by atoms with E-state index in [1.165, 1.54) is 0 Å². The van der Waals surface area contributed by atoms with E-state index in [0.29, 0.717) is 18.6 Å². The molecule has 1 amide bonds. The maximum atomic E-state index is 12.4. The van der Waals surface area contributed by atoms with Gasteiger partial charge in [-0.15, -0.1) is 0 Å². The molecule has 0 saturated heterocycles. The van der Waals surface area contributed by atoms with Crippen molar-refractivity contribution >= 4 is 5.91 Å². The van der Waals surface area contributed by atoms with Crippen LogP contribution >= 0.6 is 0 Å². The van der Waals surface area contributed by atoms with Crippen LogP contribution in [-0.4, -0.2) is 24.2 Å². The minimum absolute atomic E-state index is 0.182. The molecule has 1 unspecified atom stereocenters. The van der Waals surface area contributed by atoms with E-state index in [-0.39, 0.29) is 12.5 Å². The fourth-order valence-electron chi connectivity index (χ4n) is 3.22. The Balaban J connectivity index is 1.58. The van der Waals surface area contributed by atoms with Gasteiger partial charge in [-0.1, -0.05) is 37.6 Å². The van der Waals surface area contributed by atoms with Crippen LogP contribution in [0.2, 0.25) is 0 Å². The summed E-state index contributed by atoms with van der Waals surface area (Å²) < 4.78 is 5.61. The van der Waals surface area contributed by atoms with E-state index in [4.69, 9.17) is 4.74 Å². The van der Waals surface area contributed by atoms with Gasteiger partial charge >= 0.3 is 0 Å². The van der Waals surface area contributed by atoms with E-state index in [9.17, 15) is 9.90 Å². The molecule has 2 N–H and O–H groups in total. The molecule has 0 heterocycles. The van der Waals surface area contributed by atoms with Crippen molar-refractivity contribution in [2.75, 3.05) is 13.2 Å². The molecule has 1 atom stereocenters. The number of aryl methyl sites for hydroxylation is 1.